The fraction of sp³-hybridized carbons (Fsp3) is 0.0952. The minimum atomic E-state index is -4.39. The smallest absolute Gasteiger partial charge is 0.305 e. The SMILES string of the molecule is Cc1ccccc1C(=O)Nc1cn2c(-c3ccc(C(F)(F)F)cc3)cnc2cn1. The molecule has 0 fully saturated rings. The number of fused-ring (bicyclic) bond motifs is 1. The van der Waals surface area contributed by atoms with E-state index in [1.54, 1.807) is 28.9 Å². The molecule has 0 saturated carbocycles. The molecule has 0 spiro atoms. The Morgan fingerprint density at radius 1 is 1.00 bits per heavy atom. The maximum atomic E-state index is 12.8. The third kappa shape index (κ3) is 3.69. The summed E-state index contributed by atoms with van der Waals surface area (Å²) >= 11 is 0. The zero-order valence-electron chi connectivity index (χ0n) is 15.2. The van der Waals surface area contributed by atoms with Crippen LogP contribution in [0.2, 0.25) is 0 Å². The Labute approximate surface area is 163 Å². The molecule has 0 radical (unpaired) electrons. The highest BCUT2D eigenvalue weighted by atomic mass is 19.4. The Balaban J connectivity index is 1.66. The number of hydrogen-bond acceptors (Lipinski definition) is 3. The Hall–Kier alpha value is -3.68. The van der Waals surface area contributed by atoms with Gasteiger partial charge in [-0.2, -0.15) is 13.2 Å². The second-order valence-corrected chi connectivity index (χ2v) is 6.49. The largest absolute Gasteiger partial charge is 0.416 e. The Bertz CT molecular complexity index is 1200. The topological polar surface area (TPSA) is 59.3 Å². The fourth-order valence-corrected chi connectivity index (χ4v) is 3.01. The van der Waals surface area contributed by atoms with Gasteiger partial charge in [-0.15, -0.1) is 0 Å². The van der Waals surface area contributed by atoms with E-state index in [1.165, 1.54) is 18.3 Å². The van der Waals surface area contributed by atoms with Gasteiger partial charge in [0.25, 0.3) is 5.91 Å². The number of nitrogens with zero attached hydrogens (tertiary/aromatic N) is 3. The number of alkyl halides is 3. The monoisotopic (exact) mass is 396 g/mol. The lowest BCUT2D eigenvalue weighted by Gasteiger charge is -2.09. The number of benzene rings is 2. The van der Waals surface area contributed by atoms with Gasteiger partial charge in [-0.1, -0.05) is 30.3 Å². The molecule has 0 unspecified atom stereocenters. The van der Waals surface area contributed by atoms with Crippen LogP contribution in [0.3, 0.4) is 0 Å². The molecule has 0 atom stereocenters. The van der Waals surface area contributed by atoms with Crippen LogP contribution >= 0.6 is 0 Å². The second-order valence-electron chi connectivity index (χ2n) is 6.49. The van der Waals surface area contributed by atoms with E-state index in [-0.39, 0.29) is 5.91 Å². The standard InChI is InChI=1S/C21H15F3N4O/c1-13-4-2-3-5-16(13)20(29)27-18-12-28-17(10-26-19(28)11-25-18)14-6-8-15(9-7-14)21(22,23)24/h2-12H,1H3,(H,27,29). The highest BCUT2D eigenvalue weighted by molar-refractivity contribution is 6.04. The van der Waals surface area contributed by atoms with Gasteiger partial charge in [-0.25, -0.2) is 9.97 Å². The third-order valence-electron chi connectivity index (χ3n) is 4.54. The summed E-state index contributed by atoms with van der Waals surface area (Å²) in [5.74, 6) is 0.00283. The Kier molecular flexibility index (Phi) is 4.54. The predicted molar refractivity (Wildman–Crippen MR) is 103 cm³/mol. The number of amides is 1. The predicted octanol–water partition coefficient (Wildman–Crippen LogP) is 4.98. The minimum Gasteiger partial charge on any atom is -0.305 e. The summed E-state index contributed by atoms with van der Waals surface area (Å²) in [6, 6.07) is 12.0. The summed E-state index contributed by atoms with van der Waals surface area (Å²) in [6.07, 6.45) is 0.230. The van der Waals surface area contributed by atoms with Gasteiger partial charge in [-0.3, -0.25) is 9.20 Å². The molecule has 0 bridgehead atoms. The molecule has 0 aliphatic heterocycles. The van der Waals surface area contributed by atoms with Gasteiger partial charge in [0, 0.05) is 11.1 Å². The summed E-state index contributed by atoms with van der Waals surface area (Å²) < 4.78 is 40.0. The molecule has 2 heterocycles. The van der Waals surface area contributed by atoms with Crippen molar-refractivity contribution in [3.05, 3.63) is 83.8 Å². The van der Waals surface area contributed by atoms with Gasteiger partial charge in [0.1, 0.15) is 5.82 Å². The number of rotatable bonds is 3. The van der Waals surface area contributed by atoms with Crippen molar-refractivity contribution in [3.8, 4) is 11.3 Å². The highest BCUT2D eigenvalue weighted by Gasteiger charge is 2.30. The zero-order valence-corrected chi connectivity index (χ0v) is 15.2. The van der Waals surface area contributed by atoms with Gasteiger partial charge >= 0.3 is 6.18 Å². The fourth-order valence-electron chi connectivity index (χ4n) is 3.01. The number of carbonyl (C=O) groups excluding carboxylic acids is 1. The molecule has 146 valence electrons. The average Bonchev–Trinajstić information content (AvgIpc) is 3.11. The summed E-state index contributed by atoms with van der Waals surface area (Å²) in [7, 11) is 0. The van der Waals surface area contributed by atoms with Crippen LogP contribution in [0.1, 0.15) is 21.5 Å². The van der Waals surface area contributed by atoms with E-state index in [2.05, 4.69) is 15.3 Å². The van der Waals surface area contributed by atoms with E-state index in [1.807, 2.05) is 19.1 Å². The van der Waals surface area contributed by atoms with Gasteiger partial charge < -0.3 is 5.32 Å². The van der Waals surface area contributed by atoms with E-state index >= 15 is 0 Å². The van der Waals surface area contributed by atoms with E-state index in [0.29, 0.717) is 28.3 Å². The van der Waals surface area contributed by atoms with Crippen molar-refractivity contribution >= 4 is 17.4 Å². The molecule has 4 rings (SSSR count). The number of imidazole rings is 1. The van der Waals surface area contributed by atoms with Crippen molar-refractivity contribution in [1.29, 1.82) is 0 Å². The first-order valence-electron chi connectivity index (χ1n) is 8.70. The van der Waals surface area contributed by atoms with Crippen molar-refractivity contribution in [1.82, 2.24) is 14.4 Å². The van der Waals surface area contributed by atoms with Gasteiger partial charge in [0.05, 0.1) is 29.8 Å². The maximum absolute atomic E-state index is 12.8. The van der Waals surface area contributed by atoms with Crippen LogP contribution in [0.4, 0.5) is 19.0 Å². The van der Waals surface area contributed by atoms with Crippen LogP contribution in [0.25, 0.3) is 16.9 Å². The molecular weight excluding hydrogens is 381 g/mol. The van der Waals surface area contributed by atoms with Crippen LogP contribution in [0.15, 0.2) is 67.1 Å². The number of aromatic nitrogens is 3. The molecule has 8 heteroatoms. The molecule has 2 aromatic carbocycles. The molecule has 0 aliphatic carbocycles. The highest BCUT2D eigenvalue weighted by Crippen LogP contribution is 2.31. The second kappa shape index (κ2) is 7.05. The lowest BCUT2D eigenvalue weighted by Crippen LogP contribution is -2.14. The quantitative estimate of drug-likeness (QED) is 0.532. The molecular formula is C21H15F3N4O. The first kappa shape index (κ1) is 18.7. The zero-order chi connectivity index (χ0) is 20.6. The number of nitrogens with one attached hydrogen (secondary N) is 1. The summed E-state index contributed by atoms with van der Waals surface area (Å²) in [4.78, 5) is 20.9. The number of hydrogen-bond donors (Lipinski definition) is 1. The molecule has 0 aliphatic rings. The van der Waals surface area contributed by atoms with Crippen molar-refractivity contribution in [3.63, 3.8) is 0 Å². The molecule has 1 N–H and O–H groups in total. The number of aryl methyl sites for hydroxylation is 1. The van der Waals surface area contributed by atoms with Crippen molar-refractivity contribution in [2.45, 2.75) is 13.1 Å². The van der Waals surface area contributed by atoms with Crippen LogP contribution in [-0.2, 0) is 6.18 Å². The average molecular weight is 396 g/mol. The molecule has 5 nitrogen and oxygen atoms in total. The molecule has 2 aromatic heterocycles. The molecule has 0 saturated heterocycles. The van der Waals surface area contributed by atoms with E-state index in [0.717, 1.165) is 17.7 Å². The minimum absolute atomic E-state index is 0.300. The van der Waals surface area contributed by atoms with Gasteiger partial charge in [0.15, 0.2) is 5.65 Å². The molecule has 1 amide bonds. The van der Waals surface area contributed by atoms with Crippen LogP contribution in [0.5, 0.6) is 0 Å². The van der Waals surface area contributed by atoms with Crippen molar-refractivity contribution in [2.75, 3.05) is 5.32 Å². The van der Waals surface area contributed by atoms with E-state index in [4.69, 9.17) is 0 Å². The molecule has 4 aromatic rings. The number of halogens is 3. The summed E-state index contributed by atoms with van der Waals surface area (Å²) in [5, 5.41) is 2.74. The van der Waals surface area contributed by atoms with E-state index < -0.39 is 11.7 Å². The first-order valence-corrected chi connectivity index (χ1v) is 8.70. The Morgan fingerprint density at radius 2 is 1.72 bits per heavy atom. The van der Waals surface area contributed by atoms with Crippen molar-refractivity contribution in [2.24, 2.45) is 0 Å². The van der Waals surface area contributed by atoms with Crippen LogP contribution in [-0.4, -0.2) is 20.3 Å². The van der Waals surface area contributed by atoms with E-state index in [9.17, 15) is 18.0 Å². The lowest BCUT2D eigenvalue weighted by atomic mass is 10.1. The third-order valence-corrected chi connectivity index (χ3v) is 4.54. The maximum Gasteiger partial charge on any atom is 0.416 e. The molecule has 29 heavy (non-hydrogen) atoms. The number of anilines is 1. The normalized spacial score (nSPS) is 11.6. The number of carbonyl (C=O) groups is 1. The van der Waals surface area contributed by atoms with Gasteiger partial charge in [-0.05, 0) is 30.7 Å². The van der Waals surface area contributed by atoms with Crippen LogP contribution in [0, 0.1) is 6.92 Å². The summed E-state index contributed by atoms with van der Waals surface area (Å²) in [6.45, 7) is 1.84. The summed E-state index contributed by atoms with van der Waals surface area (Å²) in [5.41, 5.74) is 2.30. The first-order chi connectivity index (χ1) is 13.8. The van der Waals surface area contributed by atoms with Gasteiger partial charge in [0.2, 0.25) is 0 Å². The van der Waals surface area contributed by atoms with Crippen LogP contribution < -0.4 is 5.32 Å². The lowest BCUT2D eigenvalue weighted by molar-refractivity contribution is -0.137. The Morgan fingerprint density at radius 3 is 2.41 bits per heavy atom. The van der Waals surface area contributed by atoms with Crippen molar-refractivity contribution < 1.29 is 18.0 Å².